The molecule has 0 spiro atoms. The number of pyridine rings is 1. The zero-order valence-corrected chi connectivity index (χ0v) is 19.9. The highest BCUT2D eigenvalue weighted by molar-refractivity contribution is 6.30. The van der Waals surface area contributed by atoms with Gasteiger partial charge in [0.2, 0.25) is 0 Å². The molecule has 4 rings (SSSR count). The highest BCUT2D eigenvalue weighted by Gasteiger charge is 2.21. The van der Waals surface area contributed by atoms with E-state index in [4.69, 9.17) is 27.9 Å². The van der Waals surface area contributed by atoms with E-state index in [1.807, 2.05) is 17.0 Å². The molecule has 0 radical (unpaired) electrons. The van der Waals surface area contributed by atoms with Crippen LogP contribution in [0.2, 0.25) is 10.0 Å². The number of hydrogen-bond acceptors (Lipinski definition) is 5. The molecule has 3 aromatic rings. The molecule has 0 bridgehead atoms. The second kappa shape index (κ2) is 11.2. The summed E-state index contributed by atoms with van der Waals surface area (Å²) < 4.78 is 5.46. The average molecular weight is 499 g/mol. The van der Waals surface area contributed by atoms with Gasteiger partial charge in [0.25, 0.3) is 11.8 Å². The second-order valence-electron chi connectivity index (χ2n) is 7.84. The van der Waals surface area contributed by atoms with Crippen molar-refractivity contribution in [3.05, 3.63) is 82.5 Å². The van der Waals surface area contributed by atoms with Gasteiger partial charge in [0, 0.05) is 41.8 Å². The molecule has 2 amide bonds. The molecular formula is C25H24Cl2N4O3. The topological polar surface area (TPSA) is 74.8 Å². The van der Waals surface area contributed by atoms with Crippen molar-refractivity contribution in [2.24, 2.45) is 0 Å². The van der Waals surface area contributed by atoms with Gasteiger partial charge in [0.05, 0.1) is 11.9 Å². The Hall–Kier alpha value is -3.29. The molecule has 0 aliphatic carbocycles. The molecule has 9 heteroatoms. The number of halogens is 2. The van der Waals surface area contributed by atoms with Gasteiger partial charge in [0.1, 0.15) is 11.6 Å². The molecule has 1 saturated heterocycles. The summed E-state index contributed by atoms with van der Waals surface area (Å²) in [6, 6.07) is 17.5. The van der Waals surface area contributed by atoms with Gasteiger partial charge in [-0.25, -0.2) is 4.98 Å². The molecule has 7 nitrogen and oxygen atoms in total. The van der Waals surface area contributed by atoms with E-state index in [1.54, 1.807) is 54.7 Å². The zero-order valence-electron chi connectivity index (χ0n) is 18.4. The van der Waals surface area contributed by atoms with Crippen LogP contribution in [0.15, 0.2) is 66.9 Å². The third kappa shape index (κ3) is 6.40. The number of anilines is 2. The van der Waals surface area contributed by atoms with Crippen LogP contribution in [0.4, 0.5) is 11.5 Å². The van der Waals surface area contributed by atoms with Gasteiger partial charge in [-0.15, -0.1) is 0 Å². The Labute approximate surface area is 208 Å². The van der Waals surface area contributed by atoms with Crippen molar-refractivity contribution in [3.63, 3.8) is 0 Å². The Morgan fingerprint density at radius 3 is 2.26 bits per heavy atom. The maximum atomic E-state index is 12.8. The summed E-state index contributed by atoms with van der Waals surface area (Å²) in [4.78, 5) is 33.5. The molecular weight excluding hydrogens is 475 g/mol. The number of benzene rings is 2. The molecule has 2 aromatic carbocycles. The molecule has 1 aromatic heterocycles. The van der Waals surface area contributed by atoms with Crippen LogP contribution < -0.4 is 15.0 Å². The molecule has 0 atom stereocenters. The van der Waals surface area contributed by atoms with E-state index < -0.39 is 0 Å². The molecule has 0 unspecified atom stereocenters. The molecule has 1 fully saturated rings. The first-order valence-corrected chi connectivity index (χ1v) is 11.7. The van der Waals surface area contributed by atoms with Gasteiger partial charge in [0.15, 0.2) is 6.61 Å². The van der Waals surface area contributed by atoms with E-state index >= 15 is 0 Å². The van der Waals surface area contributed by atoms with Gasteiger partial charge in [-0.05, 0) is 67.1 Å². The monoisotopic (exact) mass is 498 g/mol. The fraction of sp³-hybridized carbons (Fsp3) is 0.240. The lowest BCUT2D eigenvalue weighted by molar-refractivity contribution is -0.118. The Bertz CT molecular complexity index is 1120. The predicted molar refractivity (Wildman–Crippen MR) is 134 cm³/mol. The van der Waals surface area contributed by atoms with Crippen LogP contribution in [0.1, 0.15) is 16.8 Å². The number of hydrogen-bond donors (Lipinski definition) is 1. The van der Waals surface area contributed by atoms with Crippen molar-refractivity contribution in [2.75, 3.05) is 43.0 Å². The largest absolute Gasteiger partial charge is 0.484 e. The predicted octanol–water partition coefficient (Wildman–Crippen LogP) is 4.76. The number of aromatic nitrogens is 1. The number of carbonyl (C=O) groups is 2. The van der Waals surface area contributed by atoms with E-state index in [9.17, 15) is 9.59 Å². The Morgan fingerprint density at radius 1 is 0.882 bits per heavy atom. The molecule has 1 aliphatic rings. The molecule has 1 aliphatic heterocycles. The number of ether oxygens (including phenoxy) is 1. The van der Waals surface area contributed by atoms with Gasteiger partial charge in [-0.3, -0.25) is 9.59 Å². The summed E-state index contributed by atoms with van der Waals surface area (Å²) in [5.41, 5.74) is 1.22. The minimum Gasteiger partial charge on any atom is -0.484 e. The van der Waals surface area contributed by atoms with Gasteiger partial charge in [-0.2, -0.15) is 0 Å². The van der Waals surface area contributed by atoms with Crippen LogP contribution in [0.25, 0.3) is 0 Å². The quantitative estimate of drug-likeness (QED) is 0.530. The van der Waals surface area contributed by atoms with E-state index in [0.717, 1.165) is 18.8 Å². The third-order valence-corrected chi connectivity index (χ3v) is 5.92. The lowest BCUT2D eigenvalue weighted by atomic mass is 10.2. The lowest BCUT2D eigenvalue weighted by Crippen LogP contribution is -2.35. The SMILES string of the molecule is O=C(COc1ccc(Cl)cc1)Nc1ccc(N2CCCN(C(=O)c3ccc(Cl)cc3)CC2)nc1. The second-order valence-corrected chi connectivity index (χ2v) is 8.71. The lowest BCUT2D eigenvalue weighted by Gasteiger charge is -2.23. The summed E-state index contributed by atoms with van der Waals surface area (Å²) in [5, 5.41) is 3.99. The highest BCUT2D eigenvalue weighted by atomic mass is 35.5. The van der Waals surface area contributed by atoms with Crippen LogP contribution in [0.5, 0.6) is 5.75 Å². The minimum atomic E-state index is -0.282. The first-order valence-electron chi connectivity index (χ1n) is 10.9. The van der Waals surface area contributed by atoms with E-state index in [0.29, 0.717) is 46.7 Å². The number of nitrogens with zero attached hydrogens (tertiary/aromatic N) is 3. The van der Waals surface area contributed by atoms with Crippen molar-refractivity contribution in [1.29, 1.82) is 0 Å². The Morgan fingerprint density at radius 2 is 1.59 bits per heavy atom. The molecule has 34 heavy (non-hydrogen) atoms. The van der Waals surface area contributed by atoms with Crippen LogP contribution in [-0.2, 0) is 4.79 Å². The van der Waals surface area contributed by atoms with Crippen molar-refractivity contribution in [2.45, 2.75) is 6.42 Å². The smallest absolute Gasteiger partial charge is 0.262 e. The molecule has 0 saturated carbocycles. The fourth-order valence-corrected chi connectivity index (χ4v) is 3.90. The maximum absolute atomic E-state index is 12.8. The normalized spacial score (nSPS) is 13.8. The van der Waals surface area contributed by atoms with Crippen molar-refractivity contribution < 1.29 is 14.3 Å². The van der Waals surface area contributed by atoms with Gasteiger partial charge >= 0.3 is 0 Å². The Kier molecular flexibility index (Phi) is 7.87. The first-order chi connectivity index (χ1) is 16.5. The number of carbonyl (C=O) groups excluding carboxylic acids is 2. The standard InChI is InChI=1S/C25H24Cl2N4O3/c26-19-4-2-18(3-5-19)25(33)31-13-1-12-30(14-15-31)23-11-8-21(16-28-23)29-24(32)17-34-22-9-6-20(27)7-10-22/h2-11,16H,1,12-15,17H2,(H,29,32). The van der Waals surface area contributed by atoms with Crippen molar-refractivity contribution >= 4 is 46.5 Å². The zero-order chi connectivity index (χ0) is 23.9. The van der Waals surface area contributed by atoms with Crippen LogP contribution in [-0.4, -0.2) is 54.5 Å². The third-order valence-electron chi connectivity index (χ3n) is 5.41. The summed E-state index contributed by atoms with van der Waals surface area (Å²) >= 11 is 11.8. The summed E-state index contributed by atoms with van der Waals surface area (Å²) in [6.45, 7) is 2.63. The van der Waals surface area contributed by atoms with Crippen LogP contribution in [0, 0.1) is 0 Å². The summed E-state index contributed by atoms with van der Waals surface area (Å²) in [6.07, 6.45) is 2.46. The summed E-state index contributed by atoms with van der Waals surface area (Å²) in [7, 11) is 0. The molecule has 176 valence electrons. The minimum absolute atomic E-state index is 0.00496. The molecule has 2 heterocycles. The fourth-order valence-electron chi connectivity index (χ4n) is 3.65. The van der Waals surface area contributed by atoms with Crippen molar-refractivity contribution in [3.8, 4) is 5.75 Å². The number of nitrogens with one attached hydrogen (secondary N) is 1. The van der Waals surface area contributed by atoms with E-state index in [2.05, 4.69) is 15.2 Å². The van der Waals surface area contributed by atoms with Gasteiger partial charge in [-0.1, -0.05) is 23.2 Å². The van der Waals surface area contributed by atoms with E-state index in [-0.39, 0.29) is 18.4 Å². The maximum Gasteiger partial charge on any atom is 0.262 e. The van der Waals surface area contributed by atoms with Gasteiger partial charge < -0.3 is 19.9 Å². The van der Waals surface area contributed by atoms with Crippen LogP contribution in [0.3, 0.4) is 0 Å². The van der Waals surface area contributed by atoms with E-state index in [1.165, 1.54) is 0 Å². The molecule has 1 N–H and O–H groups in total. The first kappa shape index (κ1) is 23.9. The Balaban J connectivity index is 1.28. The number of rotatable bonds is 6. The van der Waals surface area contributed by atoms with Crippen molar-refractivity contribution in [1.82, 2.24) is 9.88 Å². The number of amides is 2. The van der Waals surface area contributed by atoms with Crippen LogP contribution >= 0.6 is 23.2 Å². The average Bonchev–Trinajstić information content (AvgIpc) is 3.11. The summed E-state index contributed by atoms with van der Waals surface area (Å²) in [5.74, 6) is 1.09. The highest BCUT2D eigenvalue weighted by Crippen LogP contribution is 2.19.